The van der Waals surface area contributed by atoms with E-state index in [4.69, 9.17) is 39.3 Å². The van der Waals surface area contributed by atoms with Crippen LogP contribution in [0.1, 0.15) is 30.5 Å². The molecule has 3 rings (SSSR count). The van der Waals surface area contributed by atoms with E-state index in [0.29, 0.717) is 39.0 Å². The molecule has 1 aliphatic heterocycles. The van der Waals surface area contributed by atoms with Gasteiger partial charge in [-0.3, -0.25) is 9.69 Å². The summed E-state index contributed by atoms with van der Waals surface area (Å²) in [4.78, 5) is 18.7. The van der Waals surface area contributed by atoms with E-state index in [1.54, 1.807) is 19.1 Å². The molecular formula is C16H17Cl3N4O2. The molecule has 1 aliphatic rings. The summed E-state index contributed by atoms with van der Waals surface area (Å²) in [6.45, 7) is 3.55. The number of aryl methyl sites for hydroxylation is 1. The minimum atomic E-state index is -0.187. The van der Waals surface area contributed by atoms with Crippen LogP contribution in [0.3, 0.4) is 0 Å². The Morgan fingerprint density at radius 3 is 2.72 bits per heavy atom. The van der Waals surface area contributed by atoms with Crippen molar-refractivity contribution in [3.63, 3.8) is 0 Å². The molecule has 1 fully saturated rings. The largest absolute Gasteiger partial charge is 0.339 e. The van der Waals surface area contributed by atoms with Crippen LogP contribution in [0.25, 0.3) is 0 Å². The van der Waals surface area contributed by atoms with Gasteiger partial charge in [0.05, 0.1) is 28.2 Å². The van der Waals surface area contributed by atoms with Crippen LogP contribution in [0, 0.1) is 6.92 Å². The Balaban J connectivity index is 1.61. The molecule has 0 bridgehead atoms. The quantitative estimate of drug-likeness (QED) is 0.830. The first-order valence-corrected chi connectivity index (χ1v) is 9.02. The van der Waals surface area contributed by atoms with E-state index in [9.17, 15) is 4.79 Å². The summed E-state index contributed by atoms with van der Waals surface area (Å²) in [5.41, 5.74) is 0.374. The molecule has 0 radical (unpaired) electrons. The Kier molecular flexibility index (Phi) is 5.84. The Bertz CT molecular complexity index is 757. The number of amides is 1. The number of aromatic nitrogens is 2. The van der Waals surface area contributed by atoms with Crippen molar-refractivity contribution in [2.45, 2.75) is 25.7 Å². The van der Waals surface area contributed by atoms with Crippen molar-refractivity contribution in [3.8, 4) is 0 Å². The molecular weight excluding hydrogens is 387 g/mol. The lowest BCUT2D eigenvalue weighted by atomic mass is 9.98. The molecule has 6 nitrogen and oxygen atoms in total. The fourth-order valence-corrected chi connectivity index (χ4v) is 3.83. The van der Waals surface area contributed by atoms with Crippen LogP contribution in [0.2, 0.25) is 15.1 Å². The van der Waals surface area contributed by atoms with Crippen LogP contribution < -0.4 is 5.32 Å². The highest BCUT2D eigenvalue weighted by Gasteiger charge is 2.27. The second-order valence-electron chi connectivity index (χ2n) is 6.05. The molecule has 1 N–H and O–H groups in total. The zero-order chi connectivity index (χ0) is 18.0. The van der Waals surface area contributed by atoms with E-state index >= 15 is 0 Å². The van der Waals surface area contributed by atoms with Gasteiger partial charge in [0.25, 0.3) is 0 Å². The van der Waals surface area contributed by atoms with E-state index in [-0.39, 0.29) is 18.4 Å². The van der Waals surface area contributed by atoms with Gasteiger partial charge in [-0.25, -0.2) is 0 Å². The van der Waals surface area contributed by atoms with Gasteiger partial charge < -0.3 is 9.84 Å². The lowest BCUT2D eigenvalue weighted by Gasteiger charge is -2.30. The van der Waals surface area contributed by atoms with E-state index in [0.717, 1.165) is 19.4 Å². The molecule has 2 aromatic rings. The van der Waals surface area contributed by atoms with Gasteiger partial charge in [-0.2, -0.15) is 4.98 Å². The van der Waals surface area contributed by atoms with Crippen molar-refractivity contribution in [3.05, 3.63) is 38.9 Å². The van der Waals surface area contributed by atoms with Crippen LogP contribution in [-0.2, 0) is 4.79 Å². The molecule has 0 saturated carbocycles. The van der Waals surface area contributed by atoms with E-state index in [2.05, 4.69) is 20.4 Å². The maximum Gasteiger partial charge on any atom is 0.238 e. The van der Waals surface area contributed by atoms with Crippen molar-refractivity contribution in [1.82, 2.24) is 15.0 Å². The van der Waals surface area contributed by atoms with Crippen molar-refractivity contribution < 1.29 is 9.32 Å². The van der Waals surface area contributed by atoms with E-state index in [1.807, 2.05) is 0 Å². The number of benzene rings is 1. The average molecular weight is 404 g/mol. The third kappa shape index (κ3) is 4.64. The number of piperidine rings is 1. The van der Waals surface area contributed by atoms with Crippen molar-refractivity contribution in [2.24, 2.45) is 0 Å². The van der Waals surface area contributed by atoms with Gasteiger partial charge in [0.2, 0.25) is 11.8 Å². The van der Waals surface area contributed by atoms with Crippen molar-refractivity contribution in [1.29, 1.82) is 0 Å². The number of likely N-dealkylation sites (tertiary alicyclic amines) is 1. The normalized spacial score (nSPS) is 18.3. The minimum absolute atomic E-state index is 0.144. The van der Waals surface area contributed by atoms with E-state index < -0.39 is 0 Å². The van der Waals surface area contributed by atoms with Crippen LogP contribution in [0.5, 0.6) is 0 Å². The number of anilines is 1. The molecule has 9 heteroatoms. The molecule has 1 atom stereocenters. The molecule has 0 aliphatic carbocycles. The van der Waals surface area contributed by atoms with E-state index in [1.165, 1.54) is 0 Å². The van der Waals surface area contributed by atoms with Gasteiger partial charge in [-0.05, 0) is 38.4 Å². The van der Waals surface area contributed by atoms with Gasteiger partial charge in [-0.15, -0.1) is 0 Å². The lowest BCUT2D eigenvalue weighted by molar-refractivity contribution is -0.117. The standard InChI is InChI=1S/C16H17Cl3N4O2/c1-9-20-16(25-22-9)10-3-2-4-23(7-10)8-14(24)21-15-12(18)5-11(17)6-13(15)19/h5-6,10H,2-4,7-8H2,1H3,(H,21,24)/t10-/m1/s1. The molecule has 0 unspecified atom stereocenters. The highest BCUT2D eigenvalue weighted by Crippen LogP contribution is 2.33. The summed E-state index contributed by atoms with van der Waals surface area (Å²) in [5.74, 6) is 1.21. The molecule has 1 saturated heterocycles. The predicted octanol–water partition coefficient (Wildman–Crippen LogP) is 4.16. The molecule has 2 heterocycles. The van der Waals surface area contributed by atoms with Crippen LogP contribution >= 0.6 is 34.8 Å². The number of carbonyl (C=O) groups is 1. The summed E-state index contributed by atoms with van der Waals surface area (Å²) in [6.07, 6.45) is 1.93. The fraction of sp³-hybridized carbons (Fsp3) is 0.438. The monoisotopic (exact) mass is 402 g/mol. The van der Waals surface area contributed by atoms with Crippen LogP contribution in [0.4, 0.5) is 5.69 Å². The zero-order valence-electron chi connectivity index (χ0n) is 13.6. The zero-order valence-corrected chi connectivity index (χ0v) is 15.8. The fourth-order valence-electron chi connectivity index (χ4n) is 2.92. The second kappa shape index (κ2) is 7.91. The highest BCUT2D eigenvalue weighted by molar-refractivity contribution is 6.42. The minimum Gasteiger partial charge on any atom is -0.339 e. The van der Waals surface area contributed by atoms with Gasteiger partial charge in [0.1, 0.15) is 0 Å². The van der Waals surface area contributed by atoms with Crippen LogP contribution in [-0.4, -0.2) is 40.6 Å². The SMILES string of the molecule is Cc1noc([C@@H]2CCCN(CC(=O)Nc3c(Cl)cc(Cl)cc3Cl)C2)n1. The van der Waals surface area contributed by atoms with Crippen LogP contribution in [0.15, 0.2) is 16.7 Å². The Labute approximate surface area is 160 Å². The summed E-state index contributed by atoms with van der Waals surface area (Å²) >= 11 is 18.1. The van der Waals surface area contributed by atoms with Crippen molar-refractivity contribution >= 4 is 46.4 Å². The number of carbonyl (C=O) groups excluding carboxylic acids is 1. The topological polar surface area (TPSA) is 71.3 Å². The van der Waals surface area contributed by atoms with Gasteiger partial charge in [0.15, 0.2) is 5.82 Å². The number of nitrogens with one attached hydrogen (secondary N) is 1. The molecule has 1 aromatic carbocycles. The number of rotatable bonds is 4. The summed E-state index contributed by atoms with van der Waals surface area (Å²) in [7, 11) is 0. The first kappa shape index (κ1) is 18.5. The molecule has 1 amide bonds. The average Bonchev–Trinajstić information content (AvgIpc) is 2.98. The molecule has 1 aromatic heterocycles. The smallest absolute Gasteiger partial charge is 0.238 e. The van der Waals surface area contributed by atoms with Crippen molar-refractivity contribution in [2.75, 3.05) is 25.0 Å². The molecule has 134 valence electrons. The summed E-state index contributed by atoms with van der Waals surface area (Å²) < 4.78 is 5.26. The summed E-state index contributed by atoms with van der Waals surface area (Å²) in [5, 5.41) is 7.63. The lowest BCUT2D eigenvalue weighted by Crippen LogP contribution is -2.39. The summed E-state index contributed by atoms with van der Waals surface area (Å²) in [6, 6.07) is 3.08. The molecule has 25 heavy (non-hydrogen) atoms. The van der Waals surface area contributed by atoms with Gasteiger partial charge in [-0.1, -0.05) is 40.0 Å². The number of hydrogen-bond donors (Lipinski definition) is 1. The van der Waals surface area contributed by atoms with Gasteiger partial charge >= 0.3 is 0 Å². The Hall–Kier alpha value is -1.34. The Morgan fingerprint density at radius 2 is 2.08 bits per heavy atom. The molecule has 0 spiro atoms. The predicted molar refractivity (Wildman–Crippen MR) is 97.6 cm³/mol. The third-order valence-corrected chi connectivity index (χ3v) is 4.85. The highest BCUT2D eigenvalue weighted by atomic mass is 35.5. The number of hydrogen-bond acceptors (Lipinski definition) is 5. The second-order valence-corrected chi connectivity index (χ2v) is 7.30. The third-order valence-electron chi connectivity index (χ3n) is 4.04. The number of halogens is 3. The first-order chi connectivity index (χ1) is 11.9. The Morgan fingerprint density at radius 1 is 1.36 bits per heavy atom. The first-order valence-electron chi connectivity index (χ1n) is 7.89. The maximum absolute atomic E-state index is 12.4. The van der Waals surface area contributed by atoms with Gasteiger partial charge in [0, 0.05) is 11.6 Å². The number of nitrogens with zero attached hydrogens (tertiary/aromatic N) is 3. The maximum atomic E-state index is 12.4.